The van der Waals surface area contributed by atoms with Crippen LogP contribution in [0.5, 0.6) is 0 Å². The van der Waals surface area contributed by atoms with Gasteiger partial charge in [-0.05, 0) is 38.0 Å². The lowest BCUT2D eigenvalue weighted by Gasteiger charge is -2.14. The van der Waals surface area contributed by atoms with E-state index in [1.807, 2.05) is 6.92 Å². The Morgan fingerprint density at radius 2 is 1.95 bits per heavy atom. The van der Waals surface area contributed by atoms with Crippen LogP contribution in [0.3, 0.4) is 0 Å². The second-order valence-electron chi connectivity index (χ2n) is 4.63. The van der Waals surface area contributed by atoms with Gasteiger partial charge in [-0.1, -0.05) is 12.1 Å². The molecule has 19 heavy (non-hydrogen) atoms. The van der Waals surface area contributed by atoms with Crippen molar-refractivity contribution in [2.75, 3.05) is 0 Å². The Balaban J connectivity index is 2.48. The Kier molecular flexibility index (Phi) is 3.69. The number of aryl methyl sites for hydroxylation is 2. The summed E-state index contributed by atoms with van der Waals surface area (Å²) in [5.41, 5.74) is 2.64. The Labute approximate surface area is 111 Å². The first kappa shape index (κ1) is 13.3. The topological polar surface area (TPSA) is 42.9 Å². The van der Waals surface area contributed by atoms with E-state index in [1.165, 1.54) is 13.0 Å². The fourth-order valence-corrected chi connectivity index (χ4v) is 2.01. The summed E-state index contributed by atoms with van der Waals surface area (Å²) in [6, 6.07) is 4.68. The second-order valence-corrected chi connectivity index (χ2v) is 4.63. The highest BCUT2D eigenvalue weighted by atomic mass is 19.1. The van der Waals surface area contributed by atoms with Gasteiger partial charge in [0, 0.05) is 12.4 Å². The van der Waals surface area contributed by atoms with Crippen LogP contribution in [-0.4, -0.2) is 15.8 Å². The minimum atomic E-state index is -0.493. The summed E-state index contributed by atoms with van der Waals surface area (Å²) in [7, 11) is 0. The molecule has 0 N–H and O–H groups in total. The molecule has 0 spiro atoms. The lowest BCUT2D eigenvalue weighted by molar-refractivity contribution is -0.117. The van der Waals surface area contributed by atoms with Crippen LogP contribution in [0.4, 0.5) is 4.39 Å². The summed E-state index contributed by atoms with van der Waals surface area (Å²) in [5.74, 6) is -0.808. The van der Waals surface area contributed by atoms with Crippen molar-refractivity contribution < 1.29 is 9.18 Å². The zero-order valence-electron chi connectivity index (χ0n) is 11.1. The molecule has 4 heteroatoms. The zero-order chi connectivity index (χ0) is 14.0. The molecule has 0 aliphatic carbocycles. The number of benzene rings is 1. The van der Waals surface area contributed by atoms with Gasteiger partial charge < -0.3 is 0 Å². The van der Waals surface area contributed by atoms with Crippen LogP contribution in [0.25, 0.3) is 0 Å². The number of Topliss-reactive ketones (excluding diaryl/α,β-unsaturated/α-hetero) is 1. The van der Waals surface area contributed by atoms with Crippen LogP contribution in [-0.2, 0) is 4.79 Å². The van der Waals surface area contributed by atoms with Crippen molar-refractivity contribution in [2.45, 2.75) is 26.7 Å². The third kappa shape index (κ3) is 2.84. The molecule has 1 heterocycles. The number of hydrogen-bond donors (Lipinski definition) is 0. The zero-order valence-corrected chi connectivity index (χ0v) is 11.1. The molecule has 1 aromatic carbocycles. The first-order valence-corrected chi connectivity index (χ1v) is 6.04. The van der Waals surface area contributed by atoms with E-state index in [-0.39, 0.29) is 11.6 Å². The van der Waals surface area contributed by atoms with Crippen LogP contribution < -0.4 is 0 Å². The van der Waals surface area contributed by atoms with Crippen LogP contribution in [0.2, 0.25) is 0 Å². The van der Waals surface area contributed by atoms with Gasteiger partial charge >= 0.3 is 0 Å². The van der Waals surface area contributed by atoms with Crippen LogP contribution in [0, 0.1) is 19.7 Å². The van der Waals surface area contributed by atoms with Crippen molar-refractivity contribution in [2.24, 2.45) is 0 Å². The van der Waals surface area contributed by atoms with Gasteiger partial charge in [-0.15, -0.1) is 0 Å². The van der Waals surface area contributed by atoms with Gasteiger partial charge in [0.25, 0.3) is 0 Å². The molecule has 0 saturated carbocycles. The quantitative estimate of drug-likeness (QED) is 0.850. The van der Waals surface area contributed by atoms with Gasteiger partial charge in [0.15, 0.2) is 0 Å². The third-order valence-electron chi connectivity index (χ3n) is 3.02. The van der Waals surface area contributed by atoms with Gasteiger partial charge in [-0.25, -0.2) is 4.39 Å². The standard InChI is InChI=1S/C15H15FN2O/c1-9-6-12(4-5-13(9)16)15(11(3)19)14-8-17-10(2)7-18-14/h4-8,15H,1-3H3. The van der Waals surface area contributed by atoms with E-state index in [9.17, 15) is 9.18 Å². The number of nitrogens with zero attached hydrogens (tertiary/aromatic N) is 2. The molecular formula is C15H15FN2O. The van der Waals surface area contributed by atoms with Crippen LogP contribution in [0.1, 0.15) is 35.4 Å². The SMILES string of the molecule is CC(=O)C(c1ccc(F)c(C)c1)c1cnc(C)cn1. The van der Waals surface area contributed by atoms with Crippen LogP contribution >= 0.6 is 0 Å². The van der Waals surface area contributed by atoms with E-state index in [4.69, 9.17) is 0 Å². The average Bonchev–Trinajstić information content (AvgIpc) is 2.36. The Morgan fingerprint density at radius 1 is 1.21 bits per heavy atom. The van der Waals surface area contributed by atoms with Crippen molar-refractivity contribution in [3.05, 3.63) is 58.9 Å². The number of ketones is 1. The highest BCUT2D eigenvalue weighted by molar-refractivity contribution is 5.86. The molecule has 2 rings (SSSR count). The molecule has 0 amide bonds. The number of carbonyl (C=O) groups is 1. The van der Waals surface area contributed by atoms with E-state index in [2.05, 4.69) is 9.97 Å². The number of aromatic nitrogens is 2. The molecule has 0 bridgehead atoms. The average molecular weight is 258 g/mol. The fraction of sp³-hybridized carbons (Fsp3) is 0.267. The van der Waals surface area contributed by atoms with Crippen molar-refractivity contribution in [1.29, 1.82) is 0 Å². The van der Waals surface area contributed by atoms with E-state index >= 15 is 0 Å². The third-order valence-corrected chi connectivity index (χ3v) is 3.02. The van der Waals surface area contributed by atoms with Crippen molar-refractivity contribution in [3.8, 4) is 0 Å². The van der Waals surface area contributed by atoms with E-state index in [1.54, 1.807) is 31.5 Å². The number of hydrogen-bond acceptors (Lipinski definition) is 3. The largest absolute Gasteiger partial charge is 0.299 e. The molecule has 1 unspecified atom stereocenters. The Bertz CT molecular complexity index is 608. The molecule has 98 valence electrons. The van der Waals surface area contributed by atoms with Crippen LogP contribution in [0.15, 0.2) is 30.6 Å². The smallest absolute Gasteiger partial charge is 0.143 e. The maximum Gasteiger partial charge on any atom is 0.143 e. The monoisotopic (exact) mass is 258 g/mol. The highest BCUT2D eigenvalue weighted by Crippen LogP contribution is 2.25. The first-order chi connectivity index (χ1) is 8.99. The molecule has 1 atom stereocenters. The summed E-state index contributed by atoms with van der Waals surface area (Å²) in [4.78, 5) is 20.3. The van der Waals surface area contributed by atoms with Gasteiger partial charge in [-0.3, -0.25) is 14.8 Å². The summed E-state index contributed by atoms with van der Waals surface area (Å²) in [6.45, 7) is 5.02. The van der Waals surface area contributed by atoms with Crippen molar-refractivity contribution in [3.63, 3.8) is 0 Å². The molecule has 2 aromatic rings. The van der Waals surface area contributed by atoms with Gasteiger partial charge in [0.2, 0.25) is 0 Å². The predicted molar refractivity (Wildman–Crippen MR) is 70.4 cm³/mol. The number of rotatable bonds is 3. The van der Waals surface area contributed by atoms with Gasteiger partial charge in [-0.2, -0.15) is 0 Å². The molecule has 1 aromatic heterocycles. The Morgan fingerprint density at radius 3 is 2.47 bits per heavy atom. The maximum atomic E-state index is 13.3. The maximum absolute atomic E-state index is 13.3. The van der Waals surface area contributed by atoms with Crippen molar-refractivity contribution in [1.82, 2.24) is 9.97 Å². The summed E-state index contributed by atoms with van der Waals surface area (Å²) in [6.07, 6.45) is 3.22. The minimum Gasteiger partial charge on any atom is -0.299 e. The molecule has 0 fully saturated rings. The Hall–Kier alpha value is -2.10. The highest BCUT2D eigenvalue weighted by Gasteiger charge is 2.21. The van der Waals surface area contributed by atoms with E-state index in [0.717, 1.165) is 11.3 Å². The van der Waals surface area contributed by atoms with Gasteiger partial charge in [0.1, 0.15) is 11.6 Å². The van der Waals surface area contributed by atoms with E-state index in [0.29, 0.717) is 11.3 Å². The first-order valence-electron chi connectivity index (χ1n) is 6.04. The molecule has 0 saturated heterocycles. The van der Waals surface area contributed by atoms with Gasteiger partial charge in [0.05, 0.1) is 17.3 Å². The van der Waals surface area contributed by atoms with Crippen molar-refractivity contribution >= 4 is 5.78 Å². The molecular weight excluding hydrogens is 243 g/mol. The van der Waals surface area contributed by atoms with E-state index < -0.39 is 5.92 Å². The summed E-state index contributed by atoms with van der Waals surface area (Å²) < 4.78 is 13.3. The summed E-state index contributed by atoms with van der Waals surface area (Å²) in [5, 5.41) is 0. The number of carbonyl (C=O) groups excluding carboxylic acids is 1. The molecule has 0 aliphatic rings. The lowest BCUT2D eigenvalue weighted by atomic mass is 9.91. The second kappa shape index (κ2) is 5.26. The summed E-state index contributed by atoms with van der Waals surface area (Å²) >= 11 is 0. The molecule has 0 radical (unpaired) electrons. The molecule has 0 aliphatic heterocycles. The lowest BCUT2D eigenvalue weighted by Crippen LogP contribution is -2.13. The predicted octanol–water partition coefficient (Wildman–Crippen LogP) is 2.95. The normalized spacial score (nSPS) is 12.2. The minimum absolute atomic E-state index is 0.0378. The number of halogens is 1. The fourth-order valence-electron chi connectivity index (χ4n) is 2.01. The molecule has 3 nitrogen and oxygen atoms in total.